The Morgan fingerprint density at radius 3 is 2.45 bits per heavy atom. The van der Waals surface area contributed by atoms with Gasteiger partial charge in [0.05, 0.1) is 16.1 Å². The Hall–Kier alpha value is -2.40. The third kappa shape index (κ3) is 2.35. The van der Waals surface area contributed by atoms with Crippen molar-refractivity contribution < 1.29 is 4.39 Å². The first-order chi connectivity index (χ1) is 9.63. The van der Waals surface area contributed by atoms with Gasteiger partial charge in [0, 0.05) is 5.69 Å². The summed E-state index contributed by atoms with van der Waals surface area (Å²) in [6.07, 6.45) is 0. The maximum absolute atomic E-state index is 13.4. The van der Waals surface area contributed by atoms with Crippen LogP contribution in [0.5, 0.6) is 0 Å². The van der Waals surface area contributed by atoms with Gasteiger partial charge in [-0.05, 0) is 30.3 Å². The molecule has 100 valence electrons. The molecule has 3 aromatic rings. The molecule has 0 atom stereocenters. The van der Waals surface area contributed by atoms with Crippen LogP contribution < -0.4 is 11.1 Å². The summed E-state index contributed by atoms with van der Waals surface area (Å²) in [5.41, 5.74) is 7.76. The average Bonchev–Trinajstić information content (AvgIpc) is 2.44. The van der Waals surface area contributed by atoms with Crippen LogP contribution in [0.4, 0.5) is 21.7 Å². The molecule has 1 aromatic heterocycles. The van der Waals surface area contributed by atoms with E-state index in [1.54, 1.807) is 6.07 Å². The predicted octanol–water partition coefficient (Wildman–Crippen LogP) is 3.75. The molecule has 2 aromatic carbocycles. The van der Waals surface area contributed by atoms with Gasteiger partial charge in [-0.1, -0.05) is 23.7 Å². The molecule has 20 heavy (non-hydrogen) atoms. The van der Waals surface area contributed by atoms with E-state index in [1.807, 2.05) is 24.3 Å². The second kappa shape index (κ2) is 4.94. The van der Waals surface area contributed by atoms with Crippen LogP contribution in [-0.4, -0.2) is 9.97 Å². The van der Waals surface area contributed by atoms with E-state index in [0.29, 0.717) is 22.5 Å². The van der Waals surface area contributed by atoms with E-state index in [2.05, 4.69) is 15.3 Å². The van der Waals surface area contributed by atoms with E-state index in [1.165, 1.54) is 12.1 Å². The standard InChI is InChI=1S/C14H10ClFN4/c15-9-6-5-8(7-10(9)16)18-14-13(17)19-11-3-1-2-4-12(11)20-14/h1-7H,(H2,17,19)(H,18,20). The zero-order valence-electron chi connectivity index (χ0n) is 10.3. The highest BCUT2D eigenvalue weighted by atomic mass is 35.5. The van der Waals surface area contributed by atoms with Crippen molar-refractivity contribution in [1.29, 1.82) is 0 Å². The van der Waals surface area contributed by atoms with Crippen molar-refractivity contribution in [2.45, 2.75) is 0 Å². The Labute approximate surface area is 119 Å². The first-order valence-corrected chi connectivity index (χ1v) is 6.25. The second-order valence-electron chi connectivity index (χ2n) is 4.20. The fourth-order valence-corrected chi connectivity index (χ4v) is 1.93. The van der Waals surface area contributed by atoms with Crippen LogP contribution in [0.2, 0.25) is 5.02 Å². The first kappa shape index (κ1) is 12.6. The maximum atomic E-state index is 13.4. The number of hydrogen-bond acceptors (Lipinski definition) is 4. The molecular weight excluding hydrogens is 279 g/mol. The molecule has 0 saturated carbocycles. The minimum atomic E-state index is -0.510. The molecule has 0 saturated heterocycles. The largest absolute Gasteiger partial charge is 0.381 e. The molecule has 0 amide bonds. The third-order valence-corrected chi connectivity index (χ3v) is 3.09. The first-order valence-electron chi connectivity index (χ1n) is 5.88. The fraction of sp³-hybridized carbons (Fsp3) is 0. The normalized spacial score (nSPS) is 10.7. The third-order valence-electron chi connectivity index (χ3n) is 2.78. The Kier molecular flexibility index (Phi) is 3.12. The lowest BCUT2D eigenvalue weighted by molar-refractivity contribution is 0.629. The van der Waals surface area contributed by atoms with Gasteiger partial charge >= 0.3 is 0 Å². The van der Waals surface area contributed by atoms with Crippen LogP contribution in [0, 0.1) is 5.82 Å². The molecule has 0 spiro atoms. The van der Waals surface area contributed by atoms with Crippen molar-refractivity contribution in [2.24, 2.45) is 0 Å². The van der Waals surface area contributed by atoms with E-state index in [4.69, 9.17) is 17.3 Å². The topological polar surface area (TPSA) is 63.8 Å². The number of nitrogens with two attached hydrogens (primary N) is 1. The number of rotatable bonds is 2. The monoisotopic (exact) mass is 288 g/mol. The molecule has 4 nitrogen and oxygen atoms in total. The molecule has 3 rings (SSSR count). The van der Waals surface area contributed by atoms with Gasteiger partial charge in [-0.25, -0.2) is 14.4 Å². The van der Waals surface area contributed by atoms with E-state index in [-0.39, 0.29) is 10.8 Å². The highest BCUT2D eigenvalue weighted by Crippen LogP contribution is 2.25. The lowest BCUT2D eigenvalue weighted by atomic mass is 10.3. The number of benzene rings is 2. The molecule has 0 fully saturated rings. The number of fused-ring (bicyclic) bond motifs is 1. The molecule has 3 N–H and O–H groups in total. The van der Waals surface area contributed by atoms with Crippen LogP contribution >= 0.6 is 11.6 Å². The molecule has 0 unspecified atom stereocenters. The molecule has 0 bridgehead atoms. The quantitative estimate of drug-likeness (QED) is 0.754. The SMILES string of the molecule is Nc1nc2ccccc2nc1Nc1ccc(Cl)c(F)c1. The van der Waals surface area contributed by atoms with Gasteiger partial charge in [0.1, 0.15) is 5.82 Å². The van der Waals surface area contributed by atoms with Crippen molar-refractivity contribution in [3.05, 3.63) is 53.3 Å². The molecule has 1 heterocycles. The molecular formula is C14H10ClFN4. The molecule has 0 aliphatic carbocycles. The number of aromatic nitrogens is 2. The van der Waals surface area contributed by atoms with E-state index < -0.39 is 5.82 Å². The highest BCUT2D eigenvalue weighted by molar-refractivity contribution is 6.30. The van der Waals surface area contributed by atoms with Crippen LogP contribution in [-0.2, 0) is 0 Å². The summed E-state index contributed by atoms with van der Waals surface area (Å²) in [6.45, 7) is 0. The van der Waals surface area contributed by atoms with Gasteiger partial charge in [0.25, 0.3) is 0 Å². The number of para-hydroxylation sites is 2. The van der Waals surface area contributed by atoms with Crippen LogP contribution in [0.15, 0.2) is 42.5 Å². The van der Waals surface area contributed by atoms with Crippen molar-refractivity contribution >= 4 is 40.0 Å². The Balaban J connectivity index is 2.01. The fourth-order valence-electron chi connectivity index (χ4n) is 1.82. The van der Waals surface area contributed by atoms with E-state index in [9.17, 15) is 4.39 Å². The number of anilines is 3. The van der Waals surface area contributed by atoms with Crippen molar-refractivity contribution in [1.82, 2.24) is 9.97 Å². The Bertz CT molecular complexity index is 791. The summed E-state index contributed by atoms with van der Waals surface area (Å²) in [7, 11) is 0. The van der Waals surface area contributed by atoms with Gasteiger partial charge in [-0.15, -0.1) is 0 Å². The Morgan fingerprint density at radius 2 is 1.75 bits per heavy atom. The zero-order chi connectivity index (χ0) is 14.1. The van der Waals surface area contributed by atoms with Crippen molar-refractivity contribution in [2.75, 3.05) is 11.1 Å². The smallest absolute Gasteiger partial charge is 0.174 e. The number of hydrogen-bond donors (Lipinski definition) is 2. The van der Waals surface area contributed by atoms with Gasteiger partial charge in [0.2, 0.25) is 0 Å². The van der Waals surface area contributed by atoms with Gasteiger partial charge < -0.3 is 11.1 Å². The maximum Gasteiger partial charge on any atom is 0.174 e. The molecule has 0 aliphatic heterocycles. The summed E-state index contributed by atoms with van der Waals surface area (Å²) >= 11 is 5.64. The molecule has 0 radical (unpaired) electrons. The minimum absolute atomic E-state index is 0.0631. The summed E-state index contributed by atoms with van der Waals surface area (Å²) in [5, 5.41) is 3.00. The lowest BCUT2D eigenvalue weighted by Crippen LogP contribution is -2.02. The summed E-state index contributed by atoms with van der Waals surface area (Å²) in [6, 6.07) is 11.8. The van der Waals surface area contributed by atoms with Crippen LogP contribution in [0.1, 0.15) is 0 Å². The van der Waals surface area contributed by atoms with Crippen LogP contribution in [0.3, 0.4) is 0 Å². The second-order valence-corrected chi connectivity index (χ2v) is 4.61. The van der Waals surface area contributed by atoms with Gasteiger partial charge in [0.15, 0.2) is 11.6 Å². The van der Waals surface area contributed by atoms with E-state index >= 15 is 0 Å². The number of nitrogens with zero attached hydrogens (tertiary/aromatic N) is 2. The van der Waals surface area contributed by atoms with Gasteiger partial charge in [-0.3, -0.25) is 0 Å². The summed E-state index contributed by atoms with van der Waals surface area (Å²) in [5.74, 6) is 0.119. The van der Waals surface area contributed by atoms with Crippen molar-refractivity contribution in [3.8, 4) is 0 Å². The summed E-state index contributed by atoms with van der Waals surface area (Å²) in [4.78, 5) is 8.61. The Morgan fingerprint density at radius 1 is 1.05 bits per heavy atom. The van der Waals surface area contributed by atoms with Gasteiger partial charge in [-0.2, -0.15) is 0 Å². The number of nitrogens with one attached hydrogen (secondary N) is 1. The lowest BCUT2D eigenvalue weighted by Gasteiger charge is -2.09. The number of nitrogen functional groups attached to an aromatic ring is 1. The van der Waals surface area contributed by atoms with Crippen LogP contribution in [0.25, 0.3) is 11.0 Å². The minimum Gasteiger partial charge on any atom is -0.381 e. The highest BCUT2D eigenvalue weighted by Gasteiger charge is 2.07. The van der Waals surface area contributed by atoms with Crippen molar-refractivity contribution in [3.63, 3.8) is 0 Å². The average molecular weight is 289 g/mol. The zero-order valence-corrected chi connectivity index (χ0v) is 11.0. The number of halogens is 2. The predicted molar refractivity (Wildman–Crippen MR) is 78.6 cm³/mol. The summed E-state index contributed by atoms with van der Waals surface area (Å²) < 4.78 is 13.4. The molecule has 6 heteroatoms. The molecule has 0 aliphatic rings. The van der Waals surface area contributed by atoms with E-state index in [0.717, 1.165) is 0 Å².